The minimum absolute atomic E-state index is 0.00885. The first-order valence-corrected chi connectivity index (χ1v) is 7.13. The van der Waals surface area contributed by atoms with E-state index in [4.69, 9.17) is 15.0 Å². The lowest BCUT2D eigenvalue weighted by molar-refractivity contribution is 0.371. The SMILES string of the molecule is COc1cc(N)ccc1S(=O)(=O)NCc1nc(C)no1. The molecule has 0 saturated carbocycles. The van der Waals surface area contributed by atoms with Gasteiger partial charge < -0.3 is 15.0 Å². The molecular formula is C11H14N4O4S. The number of hydrogen-bond acceptors (Lipinski definition) is 7. The average molecular weight is 298 g/mol. The first-order chi connectivity index (χ1) is 9.42. The second kappa shape index (κ2) is 5.47. The molecule has 0 atom stereocenters. The molecule has 0 amide bonds. The van der Waals surface area contributed by atoms with Gasteiger partial charge in [-0.1, -0.05) is 5.16 Å². The molecule has 0 spiro atoms. The number of aromatic nitrogens is 2. The van der Waals surface area contributed by atoms with Gasteiger partial charge in [0.1, 0.15) is 10.6 Å². The van der Waals surface area contributed by atoms with Gasteiger partial charge in [0.15, 0.2) is 5.82 Å². The van der Waals surface area contributed by atoms with Gasteiger partial charge in [0.25, 0.3) is 0 Å². The number of nitrogens with one attached hydrogen (secondary N) is 1. The van der Waals surface area contributed by atoms with Crippen molar-refractivity contribution in [1.29, 1.82) is 0 Å². The lowest BCUT2D eigenvalue weighted by Crippen LogP contribution is -2.24. The molecule has 8 nitrogen and oxygen atoms in total. The summed E-state index contributed by atoms with van der Waals surface area (Å²) in [4.78, 5) is 3.90. The Bertz CT molecular complexity index is 711. The van der Waals surface area contributed by atoms with Crippen molar-refractivity contribution >= 4 is 15.7 Å². The quantitative estimate of drug-likeness (QED) is 0.768. The standard InChI is InChI=1S/C11H14N4O4S/c1-7-14-11(19-15-7)6-13-20(16,17)10-4-3-8(12)5-9(10)18-2/h3-5,13H,6,12H2,1-2H3. The van der Waals surface area contributed by atoms with Gasteiger partial charge in [0.05, 0.1) is 13.7 Å². The number of nitrogen functional groups attached to an aromatic ring is 1. The normalized spacial score (nSPS) is 11.5. The molecule has 1 aromatic heterocycles. The highest BCUT2D eigenvalue weighted by Crippen LogP contribution is 2.25. The number of nitrogens with zero attached hydrogens (tertiary/aromatic N) is 2. The first kappa shape index (κ1) is 14.3. The van der Waals surface area contributed by atoms with Crippen LogP contribution in [0.2, 0.25) is 0 Å². The number of ether oxygens (including phenoxy) is 1. The van der Waals surface area contributed by atoms with Gasteiger partial charge in [-0.05, 0) is 19.1 Å². The number of sulfonamides is 1. The zero-order valence-electron chi connectivity index (χ0n) is 11.0. The number of anilines is 1. The molecule has 3 N–H and O–H groups in total. The van der Waals surface area contributed by atoms with Crippen molar-refractivity contribution in [2.45, 2.75) is 18.4 Å². The van der Waals surface area contributed by atoms with Crippen LogP contribution in [-0.2, 0) is 16.6 Å². The highest BCUT2D eigenvalue weighted by molar-refractivity contribution is 7.89. The van der Waals surface area contributed by atoms with E-state index >= 15 is 0 Å². The molecular weight excluding hydrogens is 284 g/mol. The largest absolute Gasteiger partial charge is 0.495 e. The third-order valence-electron chi connectivity index (χ3n) is 2.46. The van der Waals surface area contributed by atoms with Crippen LogP contribution in [0.15, 0.2) is 27.6 Å². The summed E-state index contributed by atoms with van der Waals surface area (Å²) in [7, 11) is -2.40. The fourth-order valence-electron chi connectivity index (χ4n) is 1.55. The maximum absolute atomic E-state index is 12.2. The van der Waals surface area contributed by atoms with E-state index in [2.05, 4.69) is 14.9 Å². The van der Waals surface area contributed by atoms with Crippen molar-refractivity contribution in [3.8, 4) is 5.75 Å². The Balaban J connectivity index is 2.22. The van der Waals surface area contributed by atoms with E-state index in [0.29, 0.717) is 11.5 Å². The van der Waals surface area contributed by atoms with E-state index in [1.54, 1.807) is 6.92 Å². The fraction of sp³-hybridized carbons (Fsp3) is 0.273. The number of rotatable bonds is 5. The number of nitrogens with two attached hydrogens (primary N) is 1. The van der Waals surface area contributed by atoms with E-state index in [-0.39, 0.29) is 23.1 Å². The minimum atomic E-state index is -3.77. The molecule has 0 radical (unpaired) electrons. The van der Waals surface area contributed by atoms with Crippen molar-refractivity contribution < 1.29 is 17.7 Å². The smallest absolute Gasteiger partial charge is 0.244 e. The summed E-state index contributed by atoms with van der Waals surface area (Å²) < 4.78 is 36.6. The van der Waals surface area contributed by atoms with Gasteiger partial charge in [0, 0.05) is 11.8 Å². The average Bonchev–Trinajstić information content (AvgIpc) is 2.82. The van der Waals surface area contributed by atoms with Crippen molar-refractivity contribution in [2.75, 3.05) is 12.8 Å². The zero-order chi connectivity index (χ0) is 14.8. The predicted molar refractivity (Wildman–Crippen MR) is 70.5 cm³/mol. The Morgan fingerprint density at radius 1 is 1.45 bits per heavy atom. The lowest BCUT2D eigenvalue weighted by atomic mass is 10.3. The van der Waals surface area contributed by atoms with E-state index in [9.17, 15) is 8.42 Å². The summed E-state index contributed by atoms with van der Waals surface area (Å²) >= 11 is 0. The van der Waals surface area contributed by atoms with Crippen molar-refractivity contribution in [3.63, 3.8) is 0 Å². The molecule has 0 bridgehead atoms. The molecule has 9 heteroatoms. The summed E-state index contributed by atoms with van der Waals surface area (Å²) in [5, 5.41) is 3.57. The topological polar surface area (TPSA) is 120 Å². The minimum Gasteiger partial charge on any atom is -0.495 e. The summed E-state index contributed by atoms with van der Waals surface area (Å²) in [5.41, 5.74) is 6.00. The van der Waals surface area contributed by atoms with Crippen molar-refractivity contribution in [3.05, 3.63) is 29.9 Å². The summed E-state index contributed by atoms with van der Waals surface area (Å²) in [6.07, 6.45) is 0. The van der Waals surface area contributed by atoms with E-state index < -0.39 is 10.0 Å². The van der Waals surface area contributed by atoms with Crippen LogP contribution in [0.25, 0.3) is 0 Å². The molecule has 0 aliphatic heterocycles. The maximum atomic E-state index is 12.2. The molecule has 0 saturated heterocycles. The van der Waals surface area contributed by atoms with Crippen LogP contribution in [0.3, 0.4) is 0 Å². The molecule has 2 rings (SSSR count). The summed E-state index contributed by atoms with van der Waals surface area (Å²) in [6, 6.07) is 4.29. The lowest BCUT2D eigenvalue weighted by Gasteiger charge is -2.10. The van der Waals surface area contributed by atoms with Crippen LogP contribution in [-0.4, -0.2) is 25.7 Å². The molecule has 0 aliphatic carbocycles. The van der Waals surface area contributed by atoms with Crippen LogP contribution in [0, 0.1) is 6.92 Å². The Morgan fingerprint density at radius 2 is 2.20 bits per heavy atom. The zero-order valence-corrected chi connectivity index (χ0v) is 11.8. The number of benzene rings is 1. The fourth-order valence-corrected chi connectivity index (χ4v) is 2.68. The maximum Gasteiger partial charge on any atom is 0.244 e. The number of aryl methyl sites for hydroxylation is 1. The summed E-state index contributed by atoms with van der Waals surface area (Å²) in [5.74, 6) is 0.781. The van der Waals surface area contributed by atoms with Crippen LogP contribution >= 0.6 is 0 Å². The van der Waals surface area contributed by atoms with Gasteiger partial charge in [-0.3, -0.25) is 0 Å². The van der Waals surface area contributed by atoms with Gasteiger partial charge in [-0.2, -0.15) is 4.98 Å². The second-order valence-electron chi connectivity index (χ2n) is 3.97. The predicted octanol–water partition coefficient (Wildman–Crippen LogP) is 0.447. The van der Waals surface area contributed by atoms with Crippen LogP contribution in [0.4, 0.5) is 5.69 Å². The molecule has 1 aromatic carbocycles. The Labute approximate surface area is 116 Å². The van der Waals surface area contributed by atoms with Gasteiger partial charge in [0.2, 0.25) is 15.9 Å². The van der Waals surface area contributed by atoms with E-state index in [1.807, 2.05) is 0 Å². The molecule has 0 unspecified atom stereocenters. The summed E-state index contributed by atoms with van der Waals surface area (Å²) in [6.45, 7) is 1.54. The number of hydrogen-bond donors (Lipinski definition) is 2. The van der Waals surface area contributed by atoms with Crippen LogP contribution < -0.4 is 15.2 Å². The number of methoxy groups -OCH3 is 1. The Kier molecular flexibility index (Phi) is 3.91. The molecule has 2 aromatic rings. The van der Waals surface area contributed by atoms with Crippen molar-refractivity contribution in [2.24, 2.45) is 0 Å². The molecule has 0 aliphatic rings. The third-order valence-corrected chi connectivity index (χ3v) is 3.90. The first-order valence-electron chi connectivity index (χ1n) is 5.65. The Morgan fingerprint density at radius 3 is 2.80 bits per heavy atom. The van der Waals surface area contributed by atoms with Crippen LogP contribution in [0.5, 0.6) is 5.75 Å². The second-order valence-corrected chi connectivity index (χ2v) is 5.71. The highest BCUT2D eigenvalue weighted by atomic mass is 32.2. The van der Waals surface area contributed by atoms with Crippen LogP contribution in [0.1, 0.15) is 11.7 Å². The van der Waals surface area contributed by atoms with Gasteiger partial charge in [-0.15, -0.1) is 0 Å². The van der Waals surface area contributed by atoms with E-state index in [1.165, 1.54) is 25.3 Å². The van der Waals surface area contributed by atoms with Gasteiger partial charge in [-0.25, -0.2) is 13.1 Å². The highest BCUT2D eigenvalue weighted by Gasteiger charge is 2.20. The molecule has 1 heterocycles. The van der Waals surface area contributed by atoms with Crippen molar-refractivity contribution in [1.82, 2.24) is 14.9 Å². The monoisotopic (exact) mass is 298 g/mol. The molecule has 0 fully saturated rings. The Hall–Kier alpha value is -2.13. The van der Waals surface area contributed by atoms with Gasteiger partial charge >= 0.3 is 0 Å². The third kappa shape index (κ3) is 3.06. The molecule has 108 valence electrons. The van der Waals surface area contributed by atoms with E-state index in [0.717, 1.165) is 0 Å². The molecule has 20 heavy (non-hydrogen) atoms.